The third-order valence-corrected chi connectivity index (χ3v) is 6.92. The zero-order valence-electron chi connectivity index (χ0n) is 9.20. The molecular formula is C12H6Br4O2S. The molecule has 0 bridgehead atoms. The molecule has 0 aliphatic rings. The fraction of sp³-hybridized carbons (Fsp3) is 0. The van der Waals surface area contributed by atoms with Crippen molar-refractivity contribution in [3.05, 3.63) is 54.3 Å². The second-order valence-corrected chi connectivity index (χ2v) is 9.09. The van der Waals surface area contributed by atoms with Crippen molar-refractivity contribution in [2.75, 3.05) is 0 Å². The Morgan fingerprint density at radius 1 is 0.789 bits per heavy atom. The van der Waals surface area contributed by atoms with Crippen LogP contribution in [0.4, 0.5) is 0 Å². The molecule has 0 fully saturated rings. The summed E-state index contributed by atoms with van der Waals surface area (Å²) in [5.74, 6) is 0. The van der Waals surface area contributed by atoms with Gasteiger partial charge in [0.25, 0.3) is 0 Å². The summed E-state index contributed by atoms with van der Waals surface area (Å²) in [5, 5.41) is 0. The third-order valence-electron chi connectivity index (χ3n) is 2.34. The first-order valence-corrected chi connectivity index (χ1v) is 9.63. The van der Waals surface area contributed by atoms with Gasteiger partial charge in [-0.1, -0.05) is 37.9 Å². The van der Waals surface area contributed by atoms with E-state index in [4.69, 9.17) is 0 Å². The summed E-state index contributed by atoms with van der Waals surface area (Å²) in [5.41, 5.74) is 0. The van der Waals surface area contributed by atoms with Crippen molar-refractivity contribution in [1.82, 2.24) is 0 Å². The fourth-order valence-electron chi connectivity index (χ4n) is 1.54. The highest BCUT2D eigenvalue weighted by Gasteiger charge is 2.24. The first-order chi connectivity index (χ1) is 8.82. The van der Waals surface area contributed by atoms with E-state index in [1.165, 1.54) is 0 Å². The van der Waals surface area contributed by atoms with Crippen molar-refractivity contribution in [2.45, 2.75) is 9.79 Å². The summed E-state index contributed by atoms with van der Waals surface area (Å²) in [6, 6.07) is 10.0. The van der Waals surface area contributed by atoms with E-state index in [0.717, 1.165) is 8.95 Å². The van der Waals surface area contributed by atoms with Crippen LogP contribution >= 0.6 is 63.7 Å². The van der Waals surface area contributed by atoms with Crippen LogP contribution in [0.25, 0.3) is 0 Å². The van der Waals surface area contributed by atoms with Gasteiger partial charge >= 0.3 is 0 Å². The average Bonchev–Trinajstić information content (AvgIpc) is 2.26. The molecule has 2 aromatic carbocycles. The SMILES string of the molecule is O=S(=O)(c1cccc(Br)c1)c1c(Br)cc(Br)cc1Br. The Bertz CT molecular complexity index is 718. The normalized spacial score (nSPS) is 11.6. The maximum atomic E-state index is 12.6. The highest BCUT2D eigenvalue weighted by molar-refractivity contribution is 9.11. The minimum atomic E-state index is -3.58. The highest BCUT2D eigenvalue weighted by Crippen LogP contribution is 2.37. The Morgan fingerprint density at radius 2 is 1.37 bits per heavy atom. The molecule has 0 saturated carbocycles. The zero-order valence-corrected chi connectivity index (χ0v) is 16.4. The molecule has 0 aliphatic heterocycles. The molecule has 0 spiro atoms. The van der Waals surface area contributed by atoms with Crippen molar-refractivity contribution >= 4 is 73.6 Å². The molecule has 2 aromatic rings. The van der Waals surface area contributed by atoms with E-state index in [1.54, 1.807) is 36.4 Å². The van der Waals surface area contributed by atoms with Gasteiger partial charge in [0, 0.05) is 17.9 Å². The van der Waals surface area contributed by atoms with E-state index >= 15 is 0 Å². The van der Waals surface area contributed by atoms with Crippen LogP contribution in [-0.2, 0) is 9.84 Å². The van der Waals surface area contributed by atoms with Crippen LogP contribution in [0.5, 0.6) is 0 Å². The van der Waals surface area contributed by atoms with Gasteiger partial charge in [0.2, 0.25) is 9.84 Å². The molecule has 0 aliphatic carbocycles. The number of halogens is 4. The van der Waals surface area contributed by atoms with E-state index in [0.29, 0.717) is 8.95 Å². The monoisotopic (exact) mass is 530 g/mol. The van der Waals surface area contributed by atoms with Gasteiger partial charge < -0.3 is 0 Å². The molecule has 0 heterocycles. The standard InChI is InChI=1S/C12H6Br4O2S/c13-7-2-1-3-9(4-7)19(17,18)12-10(15)5-8(14)6-11(12)16/h1-6H. The molecule has 0 aromatic heterocycles. The van der Waals surface area contributed by atoms with Crippen molar-refractivity contribution in [3.63, 3.8) is 0 Å². The second-order valence-electron chi connectivity index (χ2n) is 3.66. The van der Waals surface area contributed by atoms with Crippen molar-refractivity contribution in [2.24, 2.45) is 0 Å². The van der Waals surface area contributed by atoms with Crippen LogP contribution in [0.1, 0.15) is 0 Å². The predicted octanol–water partition coefficient (Wildman–Crippen LogP) is 5.57. The van der Waals surface area contributed by atoms with Gasteiger partial charge in [-0.05, 0) is 62.2 Å². The molecule has 2 nitrogen and oxygen atoms in total. The highest BCUT2D eigenvalue weighted by atomic mass is 79.9. The van der Waals surface area contributed by atoms with Crippen molar-refractivity contribution < 1.29 is 8.42 Å². The van der Waals surface area contributed by atoms with Gasteiger partial charge in [-0.2, -0.15) is 0 Å². The minimum Gasteiger partial charge on any atom is -0.218 e. The first-order valence-electron chi connectivity index (χ1n) is 4.97. The Hall–Kier alpha value is 0.310. The number of benzene rings is 2. The summed E-state index contributed by atoms with van der Waals surface area (Å²) >= 11 is 13.2. The number of hydrogen-bond donors (Lipinski definition) is 0. The van der Waals surface area contributed by atoms with E-state index in [-0.39, 0.29) is 9.79 Å². The van der Waals surface area contributed by atoms with Gasteiger partial charge in [0.05, 0.1) is 4.90 Å². The summed E-state index contributed by atoms with van der Waals surface area (Å²) < 4.78 is 27.8. The summed E-state index contributed by atoms with van der Waals surface area (Å²) in [6.07, 6.45) is 0. The molecule has 100 valence electrons. The van der Waals surface area contributed by atoms with Gasteiger partial charge in [0.1, 0.15) is 4.90 Å². The van der Waals surface area contributed by atoms with Crippen LogP contribution < -0.4 is 0 Å². The Balaban J connectivity index is 2.71. The van der Waals surface area contributed by atoms with Gasteiger partial charge in [-0.25, -0.2) is 8.42 Å². The third kappa shape index (κ3) is 3.32. The molecule has 0 unspecified atom stereocenters. The van der Waals surface area contributed by atoms with Crippen LogP contribution in [0.2, 0.25) is 0 Å². The molecule has 7 heteroatoms. The molecule has 0 saturated heterocycles. The van der Waals surface area contributed by atoms with Crippen LogP contribution in [0.3, 0.4) is 0 Å². The number of sulfone groups is 1. The summed E-state index contributed by atoms with van der Waals surface area (Å²) in [6.45, 7) is 0. The maximum Gasteiger partial charge on any atom is 0.208 e. The quantitative estimate of drug-likeness (QED) is 0.506. The van der Waals surface area contributed by atoms with E-state index < -0.39 is 9.84 Å². The van der Waals surface area contributed by atoms with Crippen molar-refractivity contribution in [1.29, 1.82) is 0 Å². The van der Waals surface area contributed by atoms with Crippen LogP contribution in [-0.4, -0.2) is 8.42 Å². The number of rotatable bonds is 2. The molecule has 0 radical (unpaired) electrons. The van der Waals surface area contributed by atoms with Crippen LogP contribution in [0.15, 0.2) is 64.1 Å². The van der Waals surface area contributed by atoms with Crippen molar-refractivity contribution in [3.8, 4) is 0 Å². The van der Waals surface area contributed by atoms with E-state index in [9.17, 15) is 8.42 Å². The lowest BCUT2D eigenvalue weighted by Gasteiger charge is -2.10. The lowest BCUT2D eigenvalue weighted by molar-refractivity contribution is 0.595. The second kappa shape index (κ2) is 5.97. The Kier molecular flexibility index (Phi) is 4.93. The van der Waals surface area contributed by atoms with E-state index in [1.807, 2.05) is 0 Å². The Morgan fingerprint density at radius 3 is 1.89 bits per heavy atom. The van der Waals surface area contributed by atoms with E-state index in [2.05, 4.69) is 63.7 Å². The predicted molar refractivity (Wildman–Crippen MR) is 89.1 cm³/mol. The fourth-order valence-corrected chi connectivity index (χ4v) is 7.03. The van der Waals surface area contributed by atoms with Crippen LogP contribution in [0, 0.1) is 0 Å². The summed E-state index contributed by atoms with van der Waals surface area (Å²) in [7, 11) is -3.58. The number of hydrogen-bond acceptors (Lipinski definition) is 2. The lowest BCUT2D eigenvalue weighted by atomic mass is 10.4. The van der Waals surface area contributed by atoms with Gasteiger partial charge in [-0.3, -0.25) is 0 Å². The topological polar surface area (TPSA) is 34.1 Å². The zero-order chi connectivity index (χ0) is 14.2. The molecular weight excluding hydrogens is 528 g/mol. The smallest absolute Gasteiger partial charge is 0.208 e. The maximum absolute atomic E-state index is 12.6. The largest absolute Gasteiger partial charge is 0.218 e. The average molecular weight is 534 g/mol. The molecule has 0 atom stereocenters. The minimum absolute atomic E-state index is 0.216. The lowest BCUT2D eigenvalue weighted by Crippen LogP contribution is -2.04. The molecule has 0 N–H and O–H groups in total. The Labute approximate surface area is 145 Å². The van der Waals surface area contributed by atoms with Gasteiger partial charge in [0.15, 0.2) is 0 Å². The first kappa shape index (κ1) is 15.7. The summed E-state index contributed by atoms with van der Waals surface area (Å²) in [4.78, 5) is 0.458. The molecule has 0 amide bonds. The molecule has 2 rings (SSSR count). The molecule has 19 heavy (non-hydrogen) atoms. The van der Waals surface area contributed by atoms with Gasteiger partial charge in [-0.15, -0.1) is 0 Å².